The lowest BCUT2D eigenvalue weighted by atomic mass is 10.1. The minimum Gasteiger partial charge on any atom is -0.354 e. The molecular weight excluding hydrogens is 461 g/mol. The standard InChI is InChI=1S/C24H29F3N6O2/c1-14(2)22-28-15(3)11-20(30-22)32-9-7-31(8-10-32)16(4)23(35)33-13-21(34)29-18-12-17(24(25,26)27)5-6-19(18)33/h5-6,11-12,14,16H,7-10,13H2,1-4H3,(H,29,34)/t16-/m1/s1. The molecule has 1 N–H and O–H groups in total. The topological polar surface area (TPSA) is 81.7 Å². The monoisotopic (exact) mass is 490 g/mol. The summed E-state index contributed by atoms with van der Waals surface area (Å²) >= 11 is 0. The number of rotatable bonds is 4. The SMILES string of the molecule is Cc1cc(N2CCN([C@H](C)C(=O)N3CC(=O)Nc4cc(C(F)(F)F)ccc43)CC2)nc(C(C)C)n1. The van der Waals surface area contributed by atoms with E-state index in [1.165, 1.54) is 11.0 Å². The summed E-state index contributed by atoms with van der Waals surface area (Å²) in [6.45, 7) is 10.1. The van der Waals surface area contributed by atoms with E-state index in [2.05, 4.69) is 20.2 Å². The fourth-order valence-corrected chi connectivity index (χ4v) is 4.38. The first-order valence-electron chi connectivity index (χ1n) is 11.6. The van der Waals surface area contributed by atoms with Gasteiger partial charge in [-0.2, -0.15) is 13.2 Å². The summed E-state index contributed by atoms with van der Waals surface area (Å²) in [6.07, 6.45) is -4.54. The van der Waals surface area contributed by atoms with Gasteiger partial charge in [0.25, 0.3) is 0 Å². The molecule has 0 aliphatic carbocycles. The van der Waals surface area contributed by atoms with Gasteiger partial charge < -0.3 is 10.2 Å². The quantitative estimate of drug-likeness (QED) is 0.708. The number of aryl methyl sites for hydroxylation is 1. The molecule has 1 atom stereocenters. The predicted molar refractivity (Wildman–Crippen MR) is 127 cm³/mol. The second-order valence-electron chi connectivity index (χ2n) is 9.28. The van der Waals surface area contributed by atoms with Gasteiger partial charge >= 0.3 is 6.18 Å². The van der Waals surface area contributed by atoms with E-state index < -0.39 is 23.7 Å². The number of carbonyl (C=O) groups excluding carboxylic acids is 2. The summed E-state index contributed by atoms with van der Waals surface area (Å²) in [7, 11) is 0. The third-order valence-corrected chi connectivity index (χ3v) is 6.37. The number of nitrogens with zero attached hydrogens (tertiary/aromatic N) is 5. The van der Waals surface area contributed by atoms with E-state index in [1.54, 1.807) is 6.92 Å². The Morgan fingerprint density at radius 1 is 1.06 bits per heavy atom. The average Bonchev–Trinajstić information content (AvgIpc) is 2.81. The highest BCUT2D eigenvalue weighted by Gasteiger charge is 2.36. The van der Waals surface area contributed by atoms with Crippen LogP contribution in [0.1, 0.15) is 43.8 Å². The highest BCUT2D eigenvalue weighted by atomic mass is 19.4. The van der Waals surface area contributed by atoms with Crippen LogP contribution in [0.3, 0.4) is 0 Å². The number of piperazine rings is 1. The van der Waals surface area contributed by atoms with Gasteiger partial charge in [-0.3, -0.25) is 19.4 Å². The first-order chi connectivity index (χ1) is 16.4. The van der Waals surface area contributed by atoms with Gasteiger partial charge in [-0.15, -0.1) is 0 Å². The van der Waals surface area contributed by atoms with E-state index in [-0.39, 0.29) is 29.7 Å². The Hall–Kier alpha value is -3.21. The zero-order valence-corrected chi connectivity index (χ0v) is 20.2. The maximum atomic E-state index is 13.4. The van der Waals surface area contributed by atoms with Crippen LogP contribution in [0, 0.1) is 6.92 Å². The molecule has 35 heavy (non-hydrogen) atoms. The van der Waals surface area contributed by atoms with Gasteiger partial charge in [0.1, 0.15) is 18.2 Å². The van der Waals surface area contributed by atoms with Crippen molar-refractivity contribution in [3.8, 4) is 0 Å². The van der Waals surface area contributed by atoms with Gasteiger partial charge in [-0.25, -0.2) is 9.97 Å². The molecule has 0 spiro atoms. The molecule has 188 valence electrons. The summed E-state index contributed by atoms with van der Waals surface area (Å²) < 4.78 is 39.3. The average molecular weight is 491 g/mol. The molecule has 3 heterocycles. The molecule has 2 amide bonds. The van der Waals surface area contributed by atoms with Gasteiger partial charge in [0.2, 0.25) is 11.8 Å². The highest BCUT2D eigenvalue weighted by molar-refractivity contribution is 6.11. The smallest absolute Gasteiger partial charge is 0.354 e. The first kappa shape index (κ1) is 24.9. The minimum absolute atomic E-state index is 0.0125. The largest absolute Gasteiger partial charge is 0.416 e. The molecule has 2 aromatic rings. The van der Waals surface area contributed by atoms with Crippen LogP contribution >= 0.6 is 0 Å². The Morgan fingerprint density at radius 2 is 1.74 bits per heavy atom. The Bertz CT molecular complexity index is 1130. The van der Waals surface area contributed by atoms with Crippen molar-refractivity contribution in [2.24, 2.45) is 0 Å². The number of amides is 2. The van der Waals surface area contributed by atoms with Gasteiger partial charge in [0.15, 0.2) is 0 Å². The van der Waals surface area contributed by atoms with Gasteiger partial charge in [0, 0.05) is 43.9 Å². The van der Waals surface area contributed by atoms with Crippen LogP contribution in [0.25, 0.3) is 0 Å². The summed E-state index contributed by atoms with van der Waals surface area (Å²) in [5.41, 5.74) is 0.281. The van der Waals surface area contributed by atoms with Gasteiger partial charge in [-0.1, -0.05) is 13.8 Å². The molecule has 1 fully saturated rings. The fraction of sp³-hybridized carbons (Fsp3) is 0.500. The van der Waals surface area contributed by atoms with Gasteiger partial charge in [0.05, 0.1) is 23.0 Å². The minimum atomic E-state index is -4.54. The maximum absolute atomic E-state index is 13.4. The fourth-order valence-electron chi connectivity index (χ4n) is 4.38. The van der Waals surface area contributed by atoms with Crippen LogP contribution in [-0.4, -0.2) is 65.4 Å². The molecule has 11 heteroatoms. The number of aromatic nitrogens is 2. The molecule has 1 aromatic heterocycles. The van der Waals surface area contributed by atoms with Crippen LogP contribution in [0.5, 0.6) is 0 Å². The lowest BCUT2D eigenvalue weighted by Crippen LogP contribution is -2.56. The summed E-state index contributed by atoms with van der Waals surface area (Å²) in [6, 6.07) is 4.44. The van der Waals surface area contributed by atoms with Crippen molar-refractivity contribution in [2.75, 3.05) is 47.8 Å². The number of anilines is 3. The van der Waals surface area contributed by atoms with E-state index in [9.17, 15) is 22.8 Å². The molecule has 1 aromatic carbocycles. The Labute approximate surface area is 202 Å². The number of fused-ring (bicyclic) bond motifs is 1. The number of hydrogen-bond acceptors (Lipinski definition) is 6. The van der Waals surface area contributed by atoms with Crippen molar-refractivity contribution in [1.82, 2.24) is 14.9 Å². The Morgan fingerprint density at radius 3 is 2.37 bits per heavy atom. The van der Waals surface area contributed by atoms with Crippen LogP contribution in [0.15, 0.2) is 24.3 Å². The summed E-state index contributed by atoms with van der Waals surface area (Å²) in [5, 5.41) is 2.45. The molecular formula is C24H29F3N6O2. The lowest BCUT2D eigenvalue weighted by Gasteiger charge is -2.40. The molecule has 8 nitrogen and oxygen atoms in total. The van der Waals surface area contributed by atoms with Crippen LogP contribution in [0.2, 0.25) is 0 Å². The van der Waals surface area contributed by atoms with E-state index in [1.807, 2.05) is 31.7 Å². The molecule has 1 saturated heterocycles. The highest BCUT2D eigenvalue weighted by Crippen LogP contribution is 2.37. The lowest BCUT2D eigenvalue weighted by molar-refractivity contribution is -0.137. The second kappa shape index (κ2) is 9.44. The number of alkyl halides is 3. The van der Waals surface area contributed by atoms with E-state index in [0.717, 1.165) is 29.5 Å². The molecule has 2 aliphatic heterocycles. The second-order valence-corrected chi connectivity index (χ2v) is 9.28. The van der Waals surface area contributed by atoms with Crippen molar-refractivity contribution < 1.29 is 22.8 Å². The molecule has 0 saturated carbocycles. The number of hydrogen-bond donors (Lipinski definition) is 1. The Kier molecular flexibility index (Phi) is 6.72. The van der Waals surface area contributed by atoms with E-state index in [4.69, 9.17) is 0 Å². The molecule has 0 bridgehead atoms. The molecule has 2 aliphatic rings. The van der Waals surface area contributed by atoms with Crippen molar-refractivity contribution >= 4 is 29.0 Å². The van der Waals surface area contributed by atoms with Crippen molar-refractivity contribution in [1.29, 1.82) is 0 Å². The number of benzene rings is 1. The Balaban J connectivity index is 1.46. The summed E-state index contributed by atoms with van der Waals surface area (Å²) in [5.74, 6) is 1.02. The number of carbonyl (C=O) groups is 2. The van der Waals surface area contributed by atoms with Crippen molar-refractivity contribution in [3.05, 3.63) is 41.3 Å². The summed E-state index contributed by atoms with van der Waals surface area (Å²) in [4.78, 5) is 40.2. The van der Waals surface area contributed by atoms with E-state index >= 15 is 0 Å². The zero-order chi connectivity index (χ0) is 25.5. The van der Waals surface area contributed by atoms with Crippen LogP contribution < -0.4 is 15.1 Å². The number of halogens is 3. The van der Waals surface area contributed by atoms with Crippen LogP contribution in [0.4, 0.5) is 30.4 Å². The molecule has 0 unspecified atom stereocenters. The number of nitrogens with one attached hydrogen (secondary N) is 1. The third kappa shape index (κ3) is 5.24. The van der Waals surface area contributed by atoms with Gasteiger partial charge in [-0.05, 0) is 32.0 Å². The zero-order valence-electron chi connectivity index (χ0n) is 20.2. The molecule has 4 rings (SSSR count). The molecule has 0 radical (unpaired) electrons. The first-order valence-corrected chi connectivity index (χ1v) is 11.6. The normalized spacial score (nSPS) is 17.9. The third-order valence-electron chi connectivity index (χ3n) is 6.37. The maximum Gasteiger partial charge on any atom is 0.416 e. The predicted octanol–water partition coefficient (Wildman–Crippen LogP) is 3.42. The van der Waals surface area contributed by atoms with Crippen LogP contribution in [-0.2, 0) is 15.8 Å². The van der Waals surface area contributed by atoms with Crippen molar-refractivity contribution in [2.45, 2.75) is 45.8 Å². The van der Waals surface area contributed by atoms with E-state index in [0.29, 0.717) is 26.2 Å². The van der Waals surface area contributed by atoms with Crippen molar-refractivity contribution in [3.63, 3.8) is 0 Å².